The number of hydrogen-bond acceptors (Lipinski definition) is 30. The molecule has 2 amide bonds. The van der Waals surface area contributed by atoms with Gasteiger partial charge in [0.05, 0.1) is 61.5 Å². The van der Waals surface area contributed by atoms with Crippen LogP contribution >= 0.6 is 0 Å². The van der Waals surface area contributed by atoms with Gasteiger partial charge in [0.1, 0.15) is 42.9 Å². The number of rotatable bonds is 16. The first-order chi connectivity index (χ1) is 55.6. The quantitative estimate of drug-likeness (QED) is 0.0281. The molecule has 0 saturated carbocycles. The van der Waals surface area contributed by atoms with E-state index in [-0.39, 0.29) is 116 Å². The number of terminal acetylenes is 2. The fraction of sp³-hybridized carbons (Fsp3) is 0.724. The third-order valence-electron chi connectivity index (χ3n) is 19.8. The van der Waals surface area contributed by atoms with Crippen molar-refractivity contribution in [3.63, 3.8) is 0 Å². The summed E-state index contributed by atoms with van der Waals surface area (Å²) < 4.78 is 170. The van der Waals surface area contributed by atoms with E-state index in [2.05, 4.69) is 56.3 Å². The van der Waals surface area contributed by atoms with E-state index in [0.29, 0.717) is 37.2 Å². The molecule has 9 saturated heterocycles. The molecule has 4 aromatic rings. The number of aliphatic hydroxyl groups is 1. The highest BCUT2D eigenvalue weighted by atomic mass is 19.4. The molecule has 9 fully saturated rings. The summed E-state index contributed by atoms with van der Waals surface area (Å²) >= 11 is 0. The van der Waals surface area contributed by atoms with Crippen LogP contribution < -0.4 is 33.1 Å². The summed E-state index contributed by atoms with van der Waals surface area (Å²) in [5.41, 5.74) is -4.70. The number of anilines is 2. The molecule has 0 radical (unpaired) electrons. The Morgan fingerprint density at radius 3 is 1.18 bits per heavy atom. The van der Waals surface area contributed by atoms with Gasteiger partial charge in [0, 0.05) is 80.1 Å². The summed E-state index contributed by atoms with van der Waals surface area (Å²) in [5.74, 6) is -4.43. The lowest BCUT2D eigenvalue weighted by Crippen LogP contribution is -2.34. The number of imidazole rings is 2. The molecule has 38 nitrogen and oxygen atoms in total. The average Bonchev–Trinajstić information content (AvgIpc) is 1.59. The topological polar surface area (TPSA) is 457 Å². The molecule has 120 heavy (non-hydrogen) atoms. The van der Waals surface area contributed by atoms with Crippen molar-refractivity contribution in [2.45, 2.75) is 330 Å². The number of nitrogens with zero attached hydrogens (tertiary/aromatic N) is 6. The average molecular weight is 1720 g/mol. The first kappa shape index (κ1) is 96.4. The van der Waals surface area contributed by atoms with E-state index in [1.807, 2.05) is 55.4 Å². The van der Waals surface area contributed by atoms with Crippen molar-refractivity contribution >= 4 is 76.2 Å². The molecule has 9 aliphatic rings. The molecule has 0 aliphatic carbocycles. The first-order valence-electron chi connectivity index (χ1n) is 38.5. The number of aliphatic hydroxyl groups excluding tert-OH is 1. The summed E-state index contributed by atoms with van der Waals surface area (Å²) in [6.45, 7) is 29.5. The van der Waals surface area contributed by atoms with Crippen LogP contribution in [0.2, 0.25) is 0 Å². The lowest BCUT2D eigenvalue weighted by Gasteiger charge is -2.22. The maximum absolute atomic E-state index is 13.3. The number of halogens is 6. The van der Waals surface area contributed by atoms with Gasteiger partial charge in [-0.15, -0.1) is 12.8 Å². The van der Waals surface area contributed by atoms with Gasteiger partial charge in [-0.25, -0.2) is 18.7 Å². The minimum absolute atomic E-state index is 0.0189. The number of carbonyl (C=O) groups is 7. The van der Waals surface area contributed by atoms with E-state index >= 15 is 0 Å². The highest BCUT2D eigenvalue weighted by molar-refractivity contribution is 5.88. The number of hydrogen-bond donors (Lipinski definition) is 5. The number of aromatic amines is 2. The Labute approximate surface area is 683 Å². The minimum atomic E-state index is -4.61. The van der Waals surface area contributed by atoms with Gasteiger partial charge < -0.3 is 85.7 Å². The van der Waals surface area contributed by atoms with Crippen LogP contribution in [0.25, 0.3) is 22.3 Å². The van der Waals surface area contributed by atoms with Crippen LogP contribution in [0.3, 0.4) is 0 Å². The van der Waals surface area contributed by atoms with E-state index in [4.69, 9.17) is 88.6 Å². The number of amides is 2. The van der Waals surface area contributed by atoms with Crippen LogP contribution in [-0.4, -0.2) is 220 Å². The molecule has 13 heterocycles. The van der Waals surface area contributed by atoms with E-state index in [1.165, 1.54) is 13.8 Å². The number of esters is 4. The maximum atomic E-state index is 13.3. The van der Waals surface area contributed by atoms with Gasteiger partial charge in [-0.3, -0.25) is 68.1 Å². The number of fused-ring (bicyclic) bond motifs is 5. The Kier molecular flexibility index (Phi) is 31.3. The van der Waals surface area contributed by atoms with Crippen LogP contribution in [0, 0.1) is 48.4 Å². The van der Waals surface area contributed by atoms with Gasteiger partial charge >= 0.3 is 47.6 Å². The Hall–Kier alpha value is -9.03. The Morgan fingerprint density at radius 2 is 0.850 bits per heavy atom. The minimum Gasteiger partial charge on any atom is -0.458 e. The van der Waals surface area contributed by atoms with Crippen molar-refractivity contribution < 1.29 is 141 Å². The van der Waals surface area contributed by atoms with Gasteiger partial charge in [-0.05, 0) is 60.3 Å². The molecular weight excluding hydrogens is 1610 g/mol. The second-order valence-electron chi connectivity index (χ2n) is 31.7. The highest BCUT2D eigenvalue weighted by Crippen LogP contribution is 2.45. The predicted octanol–water partition coefficient (Wildman–Crippen LogP) is 6.04. The maximum Gasteiger partial charge on any atom is 0.394 e. The molecule has 668 valence electrons. The molecule has 44 heteroatoms. The third kappa shape index (κ3) is 24.2. The Balaban J connectivity index is 0.000000189. The van der Waals surface area contributed by atoms with Crippen LogP contribution in [0.15, 0.2) is 19.2 Å². The number of aromatic nitrogens is 8. The fourth-order valence-corrected chi connectivity index (χ4v) is 14.3. The second kappa shape index (κ2) is 39.0. The van der Waals surface area contributed by atoms with Crippen molar-refractivity contribution in [3.8, 4) is 24.7 Å². The van der Waals surface area contributed by atoms with E-state index < -0.39 is 155 Å². The zero-order valence-corrected chi connectivity index (χ0v) is 69.6. The summed E-state index contributed by atoms with van der Waals surface area (Å²) in [7, 11) is 0. The summed E-state index contributed by atoms with van der Waals surface area (Å²) in [6, 6.07) is 0. The zero-order chi connectivity index (χ0) is 89.7. The number of nitrogens with one attached hydrogen (secondary N) is 4. The molecule has 21 atom stereocenters. The van der Waals surface area contributed by atoms with Gasteiger partial charge in [0.15, 0.2) is 77.1 Å². The molecule has 1 unspecified atom stereocenters. The summed E-state index contributed by atoms with van der Waals surface area (Å²) in [6.07, 6.45) is -6.95. The van der Waals surface area contributed by atoms with Crippen LogP contribution in [-0.2, 0) is 122 Å². The second-order valence-corrected chi connectivity index (χ2v) is 31.7. The highest BCUT2D eigenvalue weighted by Gasteiger charge is 2.55. The summed E-state index contributed by atoms with van der Waals surface area (Å²) in [4.78, 5) is 142. The summed E-state index contributed by atoms with van der Waals surface area (Å²) in [5, 5.41) is 13.8. The molecule has 0 aromatic carbocycles. The van der Waals surface area contributed by atoms with Gasteiger partial charge in [0.2, 0.25) is 30.0 Å². The monoisotopic (exact) mass is 1720 g/mol. The Morgan fingerprint density at radius 1 is 0.508 bits per heavy atom. The van der Waals surface area contributed by atoms with E-state index in [9.17, 15) is 84.2 Å². The van der Waals surface area contributed by atoms with Crippen molar-refractivity contribution in [3.05, 3.63) is 41.7 Å². The number of alkyl halides is 6. The third-order valence-corrected chi connectivity index (χ3v) is 19.8. The van der Waals surface area contributed by atoms with Crippen LogP contribution in [0.5, 0.6) is 0 Å². The molecule has 4 aromatic heterocycles. The van der Waals surface area contributed by atoms with Crippen LogP contribution in [0.1, 0.15) is 183 Å². The van der Waals surface area contributed by atoms with Gasteiger partial charge in [-0.2, -0.15) is 36.3 Å². The number of H-pyrrole nitrogens is 2. The smallest absolute Gasteiger partial charge is 0.394 e. The number of carbonyl (C=O) groups excluding carboxylic acids is 7. The number of aldehydes is 1. The predicted molar refractivity (Wildman–Crippen MR) is 402 cm³/mol. The van der Waals surface area contributed by atoms with E-state index in [1.54, 1.807) is 6.92 Å². The standard InChI is InChI=1S/2C19H20F3N5O6.C11H18O5.C10H18O3.C9H16O4.C8H12O4/c2*1-5-6-26-13-14(24-17(23-9(3)28)25-15(13)30)27(18(26)31)16-12(32-10(4)29)7-11(33-16)8(2)19(20,21)22;1-6(2)9-5-10(14-7(3)12)11(16-9)15-8(4)13;1-6(2)7-5-8-9(11-7)13-10(3,4)12-8;1-5(10)6-4-7-8(11-6)13-9(2,3)12-7;1-8(2)11-6-3-5(4-9)10-7(6)12-8/h2*1,8,11-12,16H,6-7H2,2-4H3,(H2,23,24,25,28,30);6,9-11H,5H2,1-4H3;6-9H,5H2,1-4H3;5-8,10H,4H2,1-3H3;4-7H,3H2,1-2H3/t8-,11+,12-,16-;8-,11-,12+,16+;9-,10+,11+;7-,8+,9+;5?,6-,7+,8+;5-,6+,7+/m100000/s1. The van der Waals surface area contributed by atoms with E-state index in [0.717, 1.165) is 72.5 Å². The fourth-order valence-electron chi connectivity index (χ4n) is 14.3. The molecule has 9 aliphatic heterocycles. The van der Waals surface area contributed by atoms with Gasteiger partial charge in [0.25, 0.3) is 11.1 Å². The van der Waals surface area contributed by atoms with Crippen molar-refractivity contribution in [1.82, 2.24) is 38.2 Å². The van der Waals surface area contributed by atoms with Crippen LogP contribution in [0.4, 0.5) is 38.2 Å². The first-order valence-corrected chi connectivity index (χ1v) is 38.5. The van der Waals surface area contributed by atoms with Gasteiger partial charge in [-0.1, -0.05) is 53.4 Å². The lowest BCUT2D eigenvalue weighted by molar-refractivity contribution is -0.213. The largest absolute Gasteiger partial charge is 0.458 e. The molecular formula is C76H104F6N10O28. The molecule has 13 rings (SSSR count). The SMILES string of the molecule is C#CCn1c(=O)n([C@@H]2O[C@H]([C@@H](C)C(F)(F)F)C[C@H]2OC(C)=O)c2nc(NC(C)=O)[nH]c(=O)c21.C#CCn1c(=O)n([C@@H]2O[C@H]([C@H](C)C(F)(F)F)C[C@H]2OC(C)=O)c2nc(NC(C)=O)[nH]c(=O)c21.CC(=O)O[C@@H]1O[C@H](C(C)C)C[C@H]1OC(C)=O.CC(C)[C@@H]1C[C@H]2OC(C)(C)O[C@H]2O1.CC(O)[C@@H]1C[C@H]2OC(C)(C)O[C@H]2O1.CC1(C)O[C@H]2O[C@H](C=O)C[C@H]2O1. The zero-order valence-electron chi connectivity index (χ0n) is 69.6. The van der Waals surface area contributed by atoms with Crippen molar-refractivity contribution in [2.24, 2.45) is 23.7 Å². The molecule has 0 bridgehead atoms. The lowest BCUT2D eigenvalue weighted by atomic mass is 10.0. The normalized spacial score (nSPS) is 29.6. The number of ether oxygens (including phenoxy) is 16. The van der Waals surface area contributed by atoms with Crippen molar-refractivity contribution in [1.29, 1.82) is 0 Å². The molecule has 5 N–H and O–H groups in total. The van der Waals surface area contributed by atoms with Crippen molar-refractivity contribution in [2.75, 3.05) is 10.6 Å². The Bertz CT molecular complexity index is 4380. The molecule has 0 spiro atoms.